The lowest BCUT2D eigenvalue weighted by Gasteiger charge is -2.15. The number of nitrogen functional groups attached to an aromatic ring is 1. The molecule has 1 saturated carbocycles. The highest BCUT2D eigenvalue weighted by molar-refractivity contribution is 7.98. The second-order valence-electron chi connectivity index (χ2n) is 3.89. The highest BCUT2D eigenvalue weighted by Gasteiger charge is 2.24. The second-order valence-corrected chi connectivity index (χ2v) is 6.57. The molecule has 2 rings (SSSR count). The summed E-state index contributed by atoms with van der Waals surface area (Å²) in [6, 6.07) is 0. The van der Waals surface area contributed by atoms with Gasteiger partial charge in [0.25, 0.3) is 0 Å². The Bertz CT molecular complexity index is 339. The van der Waals surface area contributed by atoms with Crippen LogP contribution in [0.3, 0.4) is 0 Å². The fourth-order valence-electron chi connectivity index (χ4n) is 2.01. The molecule has 1 atom stereocenters. The van der Waals surface area contributed by atoms with Crippen LogP contribution in [0.15, 0.2) is 10.4 Å². The number of nitrogens with two attached hydrogens (primary N) is 1. The van der Waals surface area contributed by atoms with E-state index in [2.05, 4.69) is 21.2 Å². The third-order valence-electron chi connectivity index (χ3n) is 2.80. The molecule has 1 heterocycles. The van der Waals surface area contributed by atoms with Crippen LogP contribution in [0.4, 0.5) is 0 Å². The van der Waals surface area contributed by atoms with Crippen molar-refractivity contribution in [2.75, 3.05) is 12.1 Å². The smallest absolute Gasteiger partial charge is 0.193 e. The standard InChI is InChI=1S/C9H19N4S2/c1-14-9-7-15(12-13(10)11-9)8-5-3-2-4-6-8/h7-8,11-12H,2-6,10H2,1H3/q+1. The number of rotatable bonds is 2. The van der Waals surface area contributed by atoms with E-state index in [1.807, 2.05) is 0 Å². The molecular weight excluding hydrogens is 228 g/mol. The van der Waals surface area contributed by atoms with E-state index in [4.69, 9.17) is 5.84 Å². The van der Waals surface area contributed by atoms with Gasteiger partial charge in [-0.3, -0.25) is 5.10 Å². The molecule has 0 aliphatic heterocycles. The van der Waals surface area contributed by atoms with E-state index in [0.717, 1.165) is 10.3 Å². The number of nitrogens with zero attached hydrogens (tertiary/aromatic N) is 1. The Morgan fingerprint density at radius 3 is 2.87 bits per heavy atom. The molecule has 15 heavy (non-hydrogen) atoms. The Morgan fingerprint density at radius 2 is 2.20 bits per heavy atom. The Morgan fingerprint density at radius 1 is 1.47 bits per heavy atom. The lowest BCUT2D eigenvalue weighted by Crippen LogP contribution is -2.18. The molecule has 0 amide bonds. The Labute approximate surface area is 97.0 Å². The maximum atomic E-state index is 5.76. The molecule has 0 aromatic carbocycles. The van der Waals surface area contributed by atoms with Gasteiger partial charge in [0.15, 0.2) is 10.6 Å². The maximum Gasteiger partial charge on any atom is 0.193 e. The zero-order valence-electron chi connectivity index (χ0n) is 9.03. The Hall–Kier alpha value is -0.490. The number of hydrogen-bond acceptors (Lipinski definition) is 2. The van der Waals surface area contributed by atoms with Crippen LogP contribution in [0.25, 0.3) is 0 Å². The third kappa shape index (κ3) is 2.75. The molecule has 1 aliphatic rings. The van der Waals surface area contributed by atoms with Crippen LogP contribution in [-0.2, 0) is 0 Å². The largest absolute Gasteiger partial charge is 0.306 e. The number of nitrogens with one attached hydrogen (secondary N) is 2. The van der Waals surface area contributed by atoms with Crippen LogP contribution in [0, 0.1) is 0 Å². The minimum atomic E-state index is 0.114. The molecule has 4 nitrogen and oxygen atoms in total. The zero-order valence-corrected chi connectivity index (χ0v) is 10.7. The van der Waals surface area contributed by atoms with E-state index in [1.165, 1.54) is 37.0 Å². The highest BCUT2D eigenvalue weighted by Crippen LogP contribution is 2.40. The number of hydrogen-bond donors (Lipinski definition) is 3. The van der Waals surface area contributed by atoms with Crippen molar-refractivity contribution in [2.24, 2.45) is 0 Å². The third-order valence-corrected chi connectivity index (χ3v) is 5.68. The number of aromatic nitrogens is 3. The monoisotopic (exact) mass is 247 g/mol. The second kappa shape index (κ2) is 5.03. The van der Waals surface area contributed by atoms with Crippen molar-refractivity contribution in [1.29, 1.82) is 0 Å². The van der Waals surface area contributed by atoms with Gasteiger partial charge >= 0.3 is 0 Å². The fourth-order valence-corrected chi connectivity index (χ4v) is 4.68. The molecule has 4 N–H and O–H groups in total. The van der Waals surface area contributed by atoms with Crippen LogP contribution < -0.4 is 5.84 Å². The topological polar surface area (TPSA) is 62.5 Å². The van der Waals surface area contributed by atoms with Crippen LogP contribution in [-0.4, -0.2) is 20.7 Å². The van der Waals surface area contributed by atoms with E-state index < -0.39 is 0 Å². The van der Waals surface area contributed by atoms with Crippen LogP contribution in [0.1, 0.15) is 37.4 Å². The summed E-state index contributed by atoms with van der Waals surface area (Å²) in [5, 5.41) is 7.29. The van der Waals surface area contributed by atoms with Gasteiger partial charge in [-0.05, 0) is 19.1 Å². The molecule has 0 bridgehead atoms. The van der Waals surface area contributed by atoms with Crippen molar-refractivity contribution in [3.05, 3.63) is 5.38 Å². The van der Waals surface area contributed by atoms with Crippen LogP contribution >= 0.6 is 22.4 Å². The van der Waals surface area contributed by atoms with Crippen LogP contribution in [0.2, 0.25) is 0 Å². The predicted molar refractivity (Wildman–Crippen MR) is 67.3 cm³/mol. The quantitative estimate of drug-likeness (QED) is 0.427. The summed E-state index contributed by atoms with van der Waals surface area (Å²) in [6.07, 6.45) is 8.88. The van der Waals surface area contributed by atoms with Gasteiger partial charge in [-0.25, -0.2) is 0 Å². The number of H-pyrrole nitrogens is 2. The fraction of sp³-hybridized carbons (Fsp3) is 0.778. The van der Waals surface area contributed by atoms with Gasteiger partial charge in [-0.15, -0.1) is 11.8 Å². The van der Waals surface area contributed by atoms with Crippen molar-refractivity contribution in [1.82, 2.24) is 14.5 Å². The van der Waals surface area contributed by atoms with E-state index in [9.17, 15) is 0 Å². The number of aromatic amines is 2. The van der Waals surface area contributed by atoms with Gasteiger partial charge in [0, 0.05) is 12.8 Å². The Balaban J connectivity index is 2.22. The summed E-state index contributed by atoms with van der Waals surface area (Å²) in [5.74, 6) is 5.76. The molecule has 1 aromatic heterocycles. The van der Waals surface area contributed by atoms with Gasteiger partial charge in [-0.1, -0.05) is 15.8 Å². The first-order chi connectivity index (χ1) is 7.29. The summed E-state index contributed by atoms with van der Waals surface area (Å²) in [4.78, 5) is 1.50. The summed E-state index contributed by atoms with van der Waals surface area (Å²) >= 11 is 1.71. The first kappa shape index (κ1) is 11.0. The molecule has 1 aromatic rings. The van der Waals surface area contributed by atoms with Crippen molar-refractivity contribution in [3.8, 4) is 0 Å². The van der Waals surface area contributed by atoms with Gasteiger partial charge in [0.05, 0.1) is 10.7 Å². The first-order valence-electron chi connectivity index (χ1n) is 5.35. The van der Waals surface area contributed by atoms with E-state index in [0.29, 0.717) is 0 Å². The van der Waals surface area contributed by atoms with Crippen LogP contribution in [0.5, 0.6) is 0 Å². The minimum Gasteiger partial charge on any atom is -0.306 e. The van der Waals surface area contributed by atoms with E-state index >= 15 is 0 Å². The zero-order chi connectivity index (χ0) is 10.7. The maximum absolute atomic E-state index is 5.76. The lowest BCUT2D eigenvalue weighted by molar-refractivity contribution is 0.483. The first-order valence-corrected chi connectivity index (χ1v) is 7.92. The number of thioether (sulfide) groups is 1. The van der Waals surface area contributed by atoms with Crippen molar-refractivity contribution in [3.63, 3.8) is 0 Å². The van der Waals surface area contributed by atoms with Gasteiger partial charge < -0.3 is 5.84 Å². The average Bonchev–Trinajstić information content (AvgIpc) is 2.29. The molecule has 0 spiro atoms. The molecule has 0 saturated heterocycles. The molecule has 1 fully saturated rings. The average molecular weight is 247 g/mol. The van der Waals surface area contributed by atoms with E-state index in [-0.39, 0.29) is 10.7 Å². The molecule has 1 unspecified atom stereocenters. The van der Waals surface area contributed by atoms with Gasteiger partial charge in [0.1, 0.15) is 5.03 Å². The molecule has 6 heteroatoms. The van der Waals surface area contributed by atoms with Gasteiger partial charge in [-0.2, -0.15) is 0 Å². The normalized spacial score (nSPS) is 19.1. The molecule has 86 valence electrons. The van der Waals surface area contributed by atoms with E-state index in [1.54, 1.807) is 11.8 Å². The summed E-state index contributed by atoms with van der Waals surface area (Å²) in [5.41, 5.74) is 0. The van der Waals surface area contributed by atoms with Crippen molar-refractivity contribution >= 4 is 22.4 Å². The van der Waals surface area contributed by atoms with Crippen molar-refractivity contribution in [2.45, 2.75) is 42.4 Å². The lowest BCUT2D eigenvalue weighted by atomic mass is 10.0. The SMILES string of the molecule is CSc1c[s+](C2CCCCC2)[nH]n(N)[nH]1. The highest BCUT2D eigenvalue weighted by atomic mass is 32.2. The minimum absolute atomic E-state index is 0.114. The van der Waals surface area contributed by atoms with Crippen molar-refractivity contribution < 1.29 is 0 Å². The molecule has 0 radical (unpaired) electrons. The summed E-state index contributed by atoms with van der Waals surface area (Å²) in [6.45, 7) is 0. The predicted octanol–water partition coefficient (Wildman–Crippen LogP) is 2.96. The van der Waals surface area contributed by atoms with Gasteiger partial charge in [0.2, 0.25) is 0 Å². The summed E-state index contributed by atoms with van der Waals surface area (Å²) in [7, 11) is 0.114. The Kier molecular flexibility index (Phi) is 3.69. The molecular formula is C9H19N4S2+. The summed E-state index contributed by atoms with van der Waals surface area (Å²) < 4.78 is 3.29. The molecule has 1 aliphatic carbocycles.